The standard InChI is InChI=1S/C12H10FN3O5/c1-2-21-12(20)14-7-4-3-6(13)5-8(7)16-10(18)9(17)15-11(16)19/h3-5H,2H2,1H3,(H,14,20)(H,15,17,19). The number of hydrogen-bond donors (Lipinski definition) is 2. The lowest BCUT2D eigenvalue weighted by molar-refractivity contribution is -0.134. The topological polar surface area (TPSA) is 105 Å². The third kappa shape index (κ3) is 2.81. The number of rotatable bonds is 3. The second kappa shape index (κ2) is 5.57. The Labute approximate surface area is 117 Å². The highest BCUT2D eigenvalue weighted by molar-refractivity contribution is 6.53. The van der Waals surface area contributed by atoms with Crippen molar-refractivity contribution >= 4 is 35.3 Å². The number of carbonyl (C=O) groups is 4. The highest BCUT2D eigenvalue weighted by Crippen LogP contribution is 2.29. The fourth-order valence-electron chi connectivity index (χ4n) is 1.69. The third-order valence-corrected chi connectivity index (χ3v) is 2.53. The Morgan fingerprint density at radius 3 is 2.67 bits per heavy atom. The highest BCUT2D eigenvalue weighted by atomic mass is 19.1. The van der Waals surface area contributed by atoms with Gasteiger partial charge in [-0.15, -0.1) is 0 Å². The molecule has 0 aliphatic carbocycles. The molecule has 2 N–H and O–H groups in total. The monoisotopic (exact) mass is 295 g/mol. The van der Waals surface area contributed by atoms with Gasteiger partial charge >= 0.3 is 23.9 Å². The van der Waals surface area contributed by atoms with Crippen LogP contribution in [0, 0.1) is 5.82 Å². The van der Waals surface area contributed by atoms with Crippen molar-refractivity contribution in [2.45, 2.75) is 6.92 Å². The van der Waals surface area contributed by atoms with Crippen LogP contribution in [0.4, 0.5) is 25.4 Å². The molecular weight excluding hydrogens is 285 g/mol. The molecule has 0 radical (unpaired) electrons. The number of imide groups is 2. The summed E-state index contributed by atoms with van der Waals surface area (Å²) in [5.41, 5.74) is -0.315. The fraction of sp³-hybridized carbons (Fsp3) is 0.167. The second-order valence-electron chi connectivity index (χ2n) is 3.91. The van der Waals surface area contributed by atoms with Gasteiger partial charge in [0.1, 0.15) is 5.82 Å². The predicted molar refractivity (Wildman–Crippen MR) is 68.1 cm³/mol. The van der Waals surface area contributed by atoms with E-state index in [1.807, 2.05) is 0 Å². The van der Waals surface area contributed by atoms with Gasteiger partial charge in [-0.05, 0) is 19.1 Å². The molecule has 21 heavy (non-hydrogen) atoms. The van der Waals surface area contributed by atoms with E-state index < -0.39 is 29.8 Å². The van der Waals surface area contributed by atoms with Gasteiger partial charge in [0.05, 0.1) is 18.0 Å². The summed E-state index contributed by atoms with van der Waals surface area (Å²) < 4.78 is 18.0. The van der Waals surface area contributed by atoms with Crippen LogP contribution < -0.4 is 15.5 Å². The summed E-state index contributed by atoms with van der Waals surface area (Å²) in [6, 6.07) is 1.98. The van der Waals surface area contributed by atoms with Gasteiger partial charge in [-0.3, -0.25) is 20.2 Å². The molecule has 0 unspecified atom stereocenters. The predicted octanol–water partition coefficient (Wildman–Crippen LogP) is 0.977. The molecule has 1 aliphatic heterocycles. The molecule has 1 saturated heterocycles. The minimum Gasteiger partial charge on any atom is -0.450 e. The lowest BCUT2D eigenvalue weighted by Gasteiger charge is -2.16. The SMILES string of the molecule is CCOC(=O)Nc1ccc(F)cc1N1C(=O)NC(=O)C1=O. The zero-order valence-electron chi connectivity index (χ0n) is 10.8. The molecule has 1 aliphatic rings. The van der Waals surface area contributed by atoms with Crippen LogP contribution in [0.1, 0.15) is 6.92 Å². The summed E-state index contributed by atoms with van der Waals surface area (Å²) in [7, 11) is 0. The molecule has 1 fully saturated rings. The van der Waals surface area contributed by atoms with Crippen LogP contribution in [0.2, 0.25) is 0 Å². The van der Waals surface area contributed by atoms with Gasteiger partial charge in [-0.1, -0.05) is 0 Å². The maximum absolute atomic E-state index is 13.3. The van der Waals surface area contributed by atoms with Crippen LogP contribution in [0.15, 0.2) is 18.2 Å². The van der Waals surface area contributed by atoms with E-state index in [0.29, 0.717) is 4.90 Å². The van der Waals surface area contributed by atoms with Gasteiger partial charge in [-0.2, -0.15) is 0 Å². The van der Waals surface area contributed by atoms with Crippen molar-refractivity contribution in [1.82, 2.24) is 5.32 Å². The third-order valence-electron chi connectivity index (χ3n) is 2.53. The van der Waals surface area contributed by atoms with E-state index in [4.69, 9.17) is 0 Å². The van der Waals surface area contributed by atoms with Gasteiger partial charge in [0.2, 0.25) is 0 Å². The van der Waals surface area contributed by atoms with Gasteiger partial charge < -0.3 is 4.74 Å². The maximum atomic E-state index is 13.3. The quantitative estimate of drug-likeness (QED) is 0.638. The van der Waals surface area contributed by atoms with E-state index >= 15 is 0 Å². The number of urea groups is 1. The number of halogens is 1. The number of anilines is 2. The van der Waals surface area contributed by atoms with E-state index in [-0.39, 0.29) is 18.0 Å². The minimum absolute atomic E-state index is 0.0481. The van der Waals surface area contributed by atoms with Crippen molar-refractivity contribution < 1.29 is 28.3 Å². The number of hydrogen-bond acceptors (Lipinski definition) is 5. The van der Waals surface area contributed by atoms with Gasteiger partial charge in [-0.25, -0.2) is 18.9 Å². The molecule has 1 heterocycles. The molecule has 0 spiro atoms. The molecule has 0 bridgehead atoms. The molecule has 0 saturated carbocycles. The summed E-state index contributed by atoms with van der Waals surface area (Å²) in [5, 5.41) is 4.03. The lowest BCUT2D eigenvalue weighted by Crippen LogP contribution is -2.32. The van der Waals surface area contributed by atoms with E-state index in [1.165, 1.54) is 0 Å². The number of carbonyl (C=O) groups excluding carboxylic acids is 4. The zero-order chi connectivity index (χ0) is 15.6. The number of ether oxygens (including phenoxy) is 1. The number of amides is 5. The summed E-state index contributed by atoms with van der Waals surface area (Å²) in [6.07, 6.45) is -0.844. The summed E-state index contributed by atoms with van der Waals surface area (Å²) in [6.45, 7) is 1.69. The lowest BCUT2D eigenvalue weighted by atomic mass is 10.2. The normalized spacial score (nSPS) is 14.2. The molecule has 5 amide bonds. The summed E-state index contributed by atoms with van der Waals surface area (Å²) in [4.78, 5) is 46.2. The van der Waals surface area contributed by atoms with Crippen LogP contribution in [-0.2, 0) is 14.3 Å². The van der Waals surface area contributed by atoms with Gasteiger partial charge in [0.25, 0.3) is 0 Å². The molecule has 2 rings (SSSR count). The van der Waals surface area contributed by atoms with Crippen LogP contribution in [0.5, 0.6) is 0 Å². The van der Waals surface area contributed by atoms with Crippen LogP contribution in [-0.4, -0.2) is 30.5 Å². The van der Waals surface area contributed by atoms with E-state index in [2.05, 4.69) is 10.1 Å². The second-order valence-corrected chi connectivity index (χ2v) is 3.91. The summed E-state index contributed by atoms with van der Waals surface area (Å²) in [5.74, 6) is -3.05. The fourth-order valence-corrected chi connectivity index (χ4v) is 1.69. The molecule has 1 aromatic carbocycles. The minimum atomic E-state index is -1.17. The van der Waals surface area contributed by atoms with Crippen molar-refractivity contribution in [2.75, 3.05) is 16.8 Å². The maximum Gasteiger partial charge on any atom is 0.411 e. The molecule has 8 nitrogen and oxygen atoms in total. The largest absolute Gasteiger partial charge is 0.450 e. The Morgan fingerprint density at radius 1 is 1.38 bits per heavy atom. The van der Waals surface area contributed by atoms with E-state index in [9.17, 15) is 23.6 Å². The highest BCUT2D eigenvalue weighted by Gasteiger charge is 2.39. The van der Waals surface area contributed by atoms with Crippen molar-refractivity contribution in [2.24, 2.45) is 0 Å². The first-order valence-corrected chi connectivity index (χ1v) is 5.86. The van der Waals surface area contributed by atoms with Crippen molar-refractivity contribution in [3.8, 4) is 0 Å². The number of nitrogens with one attached hydrogen (secondary N) is 2. The molecule has 110 valence electrons. The molecule has 9 heteroatoms. The van der Waals surface area contributed by atoms with E-state index in [0.717, 1.165) is 18.2 Å². The Kier molecular flexibility index (Phi) is 3.83. The zero-order valence-corrected chi connectivity index (χ0v) is 10.8. The molecular formula is C12H10FN3O5. The average molecular weight is 295 g/mol. The Hall–Kier alpha value is -2.97. The number of benzene rings is 1. The van der Waals surface area contributed by atoms with Gasteiger partial charge in [0.15, 0.2) is 0 Å². The van der Waals surface area contributed by atoms with Crippen LogP contribution in [0.3, 0.4) is 0 Å². The Bertz CT molecular complexity index is 646. The Morgan fingerprint density at radius 2 is 2.10 bits per heavy atom. The molecule has 1 aromatic rings. The smallest absolute Gasteiger partial charge is 0.411 e. The van der Waals surface area contributed by atoms with Crippen molar-refractivity contribution in [3.05, 3.63) is 24.0 Å². The molecule has 0 aromatic heterocycles. The first-order valence-electron chi connectivity index (χ1n) is 5.86. The Balaban J connectivity index is 2.40. The van der Waals surface area contributed by atoms with Crippen molar-refractivity contribution in [1.29, 1.82) is 0 Å². The van der Waals surface area contributed by atoms with Gasteiger partial charge in [0, 0.05) is 6.07 Å². The van der Waals surface area contributed by atoms with Crippen LogP contribution >= 0.6 is 0 Å². The van der Waals surface area contributed by atoms with Crippen LogP contribution in [0.25, 0.3) is 0 Å². The first kappa shape index (κ1) is 14.4. The first-order chi connectivity index (χ1) is 9.93. The molecule has 0 atom stereocenters. The number of nitrogens with zero attached hydrogens (tertiary/aromatic N) is 1. The van der Waals surface area contributed by atoms with E-state index in [1.54, 1.807) is 12.2 Å². The van der Waals surface area contributed by atoms with Crippen molar-refractivity contribution in [3.63, 3.8) is 0 Å². The average Bonchev–Trinajstić information content (AvgIpc) is 2.66. The summed E-state index contributed by atoms with van der Waals surface area (Å²) >= 11 is 0.